The standard InChI is InChI=1S/C7H10ClNOS/c8-3-1-2-4-9-5-6-11-7(9)10/h5-6H,1-4H2. The lowest BCUT2D eigenvalue weighted by molar-refractivity contribution is 0.626. The molecule has 0 saturated carbocycles. The monoisotopic (exact) mass is 191 g/mol. The number of nitrogens with zero attached hydrogens (tertiary/aromatic N) is 1. The summed E-state index contributed by atoms with van der Waals surface area (Å²) < 4.78 is 1.72. The maximum absolute atomic E-state index is 11.0. The maximum atomic E-state index is 11.0. The second kappa shape index (κ2) is 4.57. The van der Waals surface area contributed by atoms with E-state index in [1.165, 1.54) is 11.3 Å². The highest BCUT2D eigenvalue weighted by molar-refractivity contribution is 7.07. The first-order valence-corrected chi connectivity index (χ1v) is 4.96. The molecule has 0 aliphatic heterocycles. The first-order chi connectivity index (χ1) is 5.34. The van der Waals surface area contributed by atoms with Crippen molar-refractivity contribution in [2.75, 3.05) is 5.88 Å². The number of rotatable bonds is 4. The van der Waals surface area contributed by atoms with E-state index in [1.54, 1.807) is 4.57 Å². The van der Waals surface area contributed by atoms with E-state index in [1.807, 2.05) is 11.6 Å². The molecule has 0 aliphatic carbocycles. The molecule has 1 rings (SSSR count). The van der Waals surface area contributed by atoms with Crippen molar-refractivity contribution in [3.8, 4) is 0 Å². The van der Waals surface area contributed by atoms with E-state index in [0.717, 1.165) is 19.4 Å². The molecule has 0 aromatic carbocycles. The molecule has 0 fully saturated rings. The summed E-state index contributed by atoms with van der Waals surface area (Å²) in [6.45, 7) is 0.801. The summed E-state index contributed by atoms with van der Waals surface area (Å²) in [5.41, 5.74) is 0. The Morgan fingerprint density at radius 1 is 1.55 bits per heavy atom. The van der Waals surface area contributed by atoms with Crippen molar-refractivity contribution in [1.82, 2.24) is 4.57 Å². The van der Waals surface area contributed by atoms with E-state index < -0.39 is 0 Å². The molecule has 62 valence electrons. The van der Waals surface area contributed by atoms with Gasteiger partial charge in [0.1, 0.15) is 0 Å². The lowest BCUT2D eigenvalue weighted by Gasteiger charge is -1.97. The van der Waals surface area contributed by atoms with Crippen molar-refractivity contribution in [2.24, 2.45) is 0 Å². The molecule has 0 bridgehead atoms. The Bertz CT molecular complexity index is 255. The van der Waals surface area contributed by atoms with Crippen LogP contribution in [0, 0.1) is 0 Å². The quantitative estimate of drug-likeness (QED) is 0.527. The Morgan fingerprint density at radius 3 is 2.91 bits per heavy atom. The Kier molecular flexibility index (Phi) is 3.66. The van der Waals surface area contributed by atoms with Crippen LogP contribution in [0.15, 0.2) is 16.4 Å². The van der Waals surface area contributed by atoms with Gasteiger partial charge in [0.2, 0.25) is 0 Å². The topological polar surface area (TPSA) is 22.0 Å². The Balaban J connectivity index is 2.39. The molecule has 0 saturated heterocycles. The molecule has 1 heterocycles. The van der Waals surface area contributed by atoms with Crippen LogP contribution in [-0.4, -0.2) is 10.4 Å². The average molecular weight is 192 g/mol. The van der Waals surface area contributed by atoms with Gasteiger partial charge in [-0.3, -0.25) is 4.79 Å². The molecule has 0 aliphatic rings. The Labute approximate surface area is 74.4 Å². The summed E-state index contributed by atoms with van der Waals surface area (Å²) in [6, 6.07) is 0. The molecule has 0 atom stereocenters. The number of unbranched alkanes of at least 4 members (excludes halogenated alkanes) is 1. The molecule has 0 spiro atoms. The lowest BCUT2D eigenvalue weighted by atomic mass is 10.3. The fraction of sp³-hybridized carbons (Fsp3) is 0.571. The molecule has 0 amide bonds. The third-order valence-corrected chi connectivity index (χ3v) is 2.39. The van der Waals surface area contributed by atoms with Gasteiger partial charge in [-0.15, -0.1) is 11.6 Å². The highest BCUT2D eigenvalue weighted by Crippen LogP contribution is 1.96. The number of hydrogen-bond donors (Lipinski definition) is 0. The molecule has 11 heavy (non-hydrogen) atoms. The molecule has 2 nitrogen and oxygen atoms in total. The zero-order valence-corrected chi connectivity index (χ0v) is 7.70. The summed E-state index contributed by atoms with van der Waals surface area (Å²) in [4.78, 5) is 11.1. The minimum atomic E-state index is 0.125. The summed E-state index contributed by atoms with van der Waals surface area (Å²) in [6.07, 6.45) is 3.78. The second-order valence-corrected chi connectivity index (χ2v) is 3.49. The smallest absolute Gasteiger partial charge is 0.306 e. The normalized spacial score (nSPS) is 10.3. The van der Waals surface area contributed by atoms with Crippen LogP contribution in [-0.2, 0) is 6.54 Å². The molecule has 0 radical (unpaired) electrons. The van der Waals surface area contributed by atoms with Crippen molar-refractivity contribution >= 4 is 22.9 Å². The Hall–Kier alpha value is -0.280. The third-order valence-electron chi connectivity index (χ3n) is 1.43. The number of aromatic nitrogens is 1. The van der Waals surface area contributed by atoms with Crippen molar-refractivity contribution in [3.63, 3.8) is 0 Å². The number of thiazole rings is 1. The van der Waals surface area contributed by atoms with Gasteiger partial charge in [-0.1, -0.05) is 11.3 Å². The van der Waals surface area contributed by atoms with Crippen LogP contribution in [0.5, 0.6) is 0 Å². The molecule has 1 aromatic heterocycles. The summed E-state index contributed by atoms with van der Waals surface area (Å²) in [7, 11) is 0. The average Bonchev–Trinajstić information content (AvgIpc) is 2.37. The first kappa shape index (κ1) is 8.81. The zero-order valence-electron chi connectivity index (χ0n) is 6.12. The fourth-order valence-corrected chi connectivity index (χ4v) is 1.63. The van der Waals surface area contributed by atoms with E-state index in [4.69, 9.17) is 11.6 Å². The van der Waals surface area contributed by atoms with Crippen LogP contribution >= 0.6 is 22.9 Å². The van der Waals surface area contributed by atoms with Gasteiger partial charge in [0.25, 0.3) is 0 Å². The van der Waals surface area contributed by atoms with Gasteiger partial charge in [0.15, 0.2) is 0 Å². The van der Waals surface area contributed by atoms with E-state index in [0.29, 0.717) is 5.88 Å². The first-order valence-electron chi connectivity index (χ1n) is 3.54. The van der Waals surface area contributed by atoms with Crippen molar-refractivity contribution < 1.29 is 0 Å². The van der Waals surface area contributed by atoms with Crippen LogP contribution in [0.4, 0.5) is 0 Å². The van der Waals surface area contributed by atoms with Crippen LogP contribution < -0.4 is 4.87 Å². The molecular formula is C7H10ClNOS. The SMILES string of the molecule is O=c1sccn1CCCCCl. The maximum Gasteiger partial charge on any atom is 0.307 e. The van der Waals surface area contributed by atoms with Gasteiger partial charge in [0.05, 0.1) is 0 Å². The minimum absolute atomic E-state index is 0.125. The summed E-state index contributed by atoms with van der Waals surface area (Å²) in [5, 5.41) is 1.81. The van der Waals surface area contributed by atoms with Crippen LogP contribution in [0.3, 0.4) is 0 Å². The highest BCUT2D eigenvalue weighted by Gasteiger charge is 1.94. The van der Waals surface area contributed by atoms with E-state index in [2.05, 4.69) is 0 Å². The van der Waals surface area contributed by atoms with E-state index >= 15 is 0 Å². The van der Waals surface area contributed by atoms with Gasteiger partial charge < -0.3 is 4.57 Å². The van der Waals surface area contributed by atoms with Crippen LogP contribution in [0.25, 0.3) is 0 Å². The van der Waals surface area contributed by atoms with Gasteiger partial charge in [-0.2, -0.15) is 0 Å². The van der Waals surface area contributed by atoms with Gasteiger partial charge in [0, 0.05) is 24.0 Å². The predicted octanol–water partition coefficient (Wildman–Crippen LogP) is 1.93. The van der Waals surface area contributed by atoms with Crippen molar-refractivity contribution in [1.29, 1.82) is 0 Å². The number of halogens is 1. The van der Waals surface area contributed by atoms with E-state index in [9.17, 15) is 4.79 Å². The zero-order chi connectivity index (χ0) is 8.10. The largest absolute Gasteiger partial charge is 0.307 e. The third kappa shape index (κ3) is 2.67. The fourth-order valence-electron chi connectivity index (χ4n) is 0.833. The highest BCUT2D eigenvalue weighted by atomic mass is 35.5. The van der Waals surface area contributed by atoms with E-state index in [-0.39, 0.29) is 4.87 Å². The van der Waals surface area contributed by atoms with Crippen LogP contribution in [0.1, 0.15) is 12.8 Å². The summed E-state index contributed by atoms with van der Waals surface area (Å²) in [5.74, 6) is 0.679. The summed E-state index contributed by atoms with van der Waals surface area (Å²) >= 11 is 6.73. The molecular weight excluding hydrogens is 182 g/mol. The minimum Gasteiger partial charge on any atom is -0.306 e. The Morgan fingerprint density at radius 2 is 2.36 bits per heavy atom. The number of alkyl halides is 1. The predicted molar refractivity (Wildman–Crippen MR) is 48.5 cm³/mol. The molecule has 4 heteroatoms. The molecule has 0 N–H and O–H groups in total. The molecule has 0 unspecified atom stereocenters. The lowest BCUT2D eigenvalue weighted by Crippen LogP contribution is -2.11. The number of aryl methyl sites for hydroxylation is 1. The van der Waals surface area contributed by atoms with Crippen molar-refractivity contribution in [2.45, 2.75) is 19.4 Å². The second-order valence-electron chi connectivity index (χ2n) is 2.26. The van der Waals surface area contributed by atoms with Gasteiger partial charge in [-0.05, 0) is 12.8 Å². The van der Waals surface area contributed by atoms with Gasteiger partial charge >= 0.3 is 4.87 Å². The van der Waals surface area contributed by atoms with Crippen molar-refractivity contribution in [3.05, 3.63) is 21.2 Å². The van der Waals surface area contributed by atoms with Gasteiger partial charge in [-0.25, -0.2) is 0 Å². The molecule has 1 aromatic rings. The van der Waals surface area contributed by atoms with Crippen LogP contribution in [0.2, 0.25) is 0 Å². The number of hydrogen-bond acceptors (Lipinski definition) is 2.